The summed E-state index contributed by atoms with van der Waals surface area (Å²) < 4.78 is 11.0. The molecule has 2 rings (SSSR count). The van der Waals surface area contributed by atoms with Crippen molar-refractivity contribution in [3.63, 3.8) is 0 Å². The lowest BCUT2D eigenvalue weighted by atomic mass is 10.1. The second-order valence-corrected chi connectivity index (χ2v) is 6.78. The van der Waals surface area contributed by atoms with Gasteiger partial charge in [-0.15, -0.1) is 0 Å². The lowest BCUT2D eigenvalue weighted by molar-refractivity contribution is -0.145. The molecular formula is C21H19IN2O4. The highest BCUT2D eigenvalue weighted by molar-refractivity contribution is 14.1. The van der Waals surface area contributed by atoms with Crippen molar-refractivity contribution in [2.45, 2.75) is 13.5 Å². The molecule has 0 heterocycles. The zero-order chi connectivity index (χ0) is 20.4. The number of benzene rings is 2. The van der Waals surface area contributed by atoms with E-state index >= 15 is 0 Å². The monoisotopic (exact) mass is 490 g/mol. The summed E-state index contributed by atoms with van der Waals surface area (Å²) >= 11 is 2.06. The topological polar surface area (TPSA) is 88.4 Å². The van der Waals surface area contributed by atoms with Crippen LogP contribution in [-0.4, -0.2) is 25.1 Å². The van der Waals surface area contributed by atoms with Crippen LogP contribution in [0.25, 0.3) is 6.08 Å². The van der Waals surface area contributed by atoms with Crippen molar-refractivity contribution in [1.82, 2.24) is 5.32 Å². The van der Waals surface area contributed by atoms with Crippen molar-refractivity contribution in [2.24, 2.45) is 0 Å². The van der Waals surface area contributed by atoms with Gasteiger partial charge in [-0.05, 0) is 58.9 Å². The van der Waals surface area contributed by atoms with Gasteiger partial charge in [0.15, 0.2) is 6.61 Å². The summed E-state index contributed by atoms with van der Waals surface area (Å²) in [6.45, 7) is 2.19. The van der Waals surface area contributed by atoms with Crippen LogP contribution in [0.15, 0.2) is 54.1 Å². The molecule has 28 heavy (non-hydrogen) atoms. The van der Waals surface area contributed by atoms with Gasteiger partial charge in [0.1, 0.15) is 17.4 Å². The van der Waals surface area contributed by atoms with E-state index < -0.39 is 11.9 Å². The summed E-state index contributed by atoms with van der Waals surface area (Å²) in [5, 5.41) is 12.1. The van der Waals surface area contributed by atoms with Crippen LogP contribution in [0.4, 0.5) is 0 Å². The normalized spacial score (nSPS) is 10.7. The van der Waals surface area contributed by atoms with Crippen LogP contribution in [0, 0.1) is 14.9 Å². The van der Waals surface area contributed by atoms with Crippen molar-refractivity contribution >= 4 is 40.5 Å². The molecule has 0 aromatic heterocycles. The van der Waals surface area contributed by atoms with Crippen LogP contribution in [0.2, 0.25) is 0 Å². The summed E-state index contributed by atoms with van der Waals surface area (Å²) in [7, 11) is 0. The number of nitriles is 1. The molecule has 0 spiro atoms. The van der Waals surface area contributed by atoms with E-state index in [0.717, 1.165) is 9.13 Å². The van der Waals surface area contributed by atoms with E-state index in [4.69, 9.17) is 9.47 Å². The largest absolute Gasteiger partial charge is 0.481 e. The maximum absolute atomic E-state index is 12.3. The van der Waals surface area contributed by atoms with Crippen molar-refractivity contribution < 1.29 is 19.1 Å². The summed E-state index contributed by atoms with van der Waals surface area (Å²) in [6.07, 6.45) is 1.51. The standard InChI is InChI=1S/C21H19IN2O4/c1-2-27-20(25)14-28-19-9-8-16(11-18(19)22)10-17(12-23)21(26)24-13-15-6-4-3-5-7-15/h3-11H,2,13-14H2,1H3,(H,24,26)/b17-10-. The summed E-state index contributed by atoms with van der Waals surface area (Å²) in [4.78, 5) is 23.6. The first-order valence-electron chi connectivity index (χ1n) is 8.55. The van der Waals surface area contributed by atoms with E-state index in [-0.39, 0.29) is 12.2 Å². The Kier molecular flexibility index (Phi) is 8.49. The summed E-state index contributed by atoms with van der Waals surface area (Å²) in [5.41, 5.74) is 1.64. The lowest BCUT2D eigenvalue weighted by Crippen LogP contribution is -2.23. The molecule has 0 fully saturated rings. The third kappa shape index (κ3) is 6.70. The number of ether oxygens (including phenoxy) is 2. The molecule has 0 bridgehead atoms. The Hall–Kier alpha value is -2.86. The van der Waals surface area contributed by atoms with Crippen LogP contribution in [0.5, 0.6) is 5.75 Å². The maximum Gasteiger partial charge on any atom is 0.344 e. The molecule has 0 aliphatic carbocycles. The molecule has 0 radical (unpaired) electrons. The minimum atomic E-state index is -0.441. The van der Waals surface area contributed by atoms with Crippen LogP contribution in [-0.2, 0) is 20.9 Å². The van der Waals surface area contributed by atoms with Crippen molar-refractivity contribution in [1.29, 1.82) is 5.26 Å². The first-order chi connectivity index (χ1) is 13.5. The zero-order valence-electron chi connectivity index (χ0n) is 15.3. The average Bonchev–Trinajstić information content (AvgIpc) is 2.70. The number of hydrogen-bond donors (Lipinski definition) is 1. The molecule has 0 atom stereocenters. The first kappa shape index (κ1) is 21.4. The van der Waals surface area contributed by atoms with Gasteiger partial charge in [-0.2, -0.15) is 5.26 Å². The van der Waals surface area contributed by atoms with Crippen LogP contribution < -0.4 is 10.1 Å². The number of hydrogen-bond acceptors (Lipinski definition) is 5. The summed E-state index contributed by atoms with van der Waals surface area (Å²) in [6, 6.07) is 16.6. The molecular weight excluding hydrogens is 471 g/mol. The highest BCUT2D eigenvalue weighted by Gasteiger charge is 2.10. The number of halogens is 1. The second kappa shape index (κ2) is 11.1. The third-order valence-corrected chi connectivity index (χ3v) is 4.42. The predicted octanol–water partition coefficient (Wildman–Crippen LogP) is 3.46. The molecule has 0 saturated heterocycles. The van der Waals surface area contributed by atoms with E-state index in [1.165, 1.54) is 6.08 Å². The molecule has 2 aromatic carbocycles. The molecule has 2 aromatic rings. The number of nitrogens with zero attached hydrogens (tertiary/aromatic N) is 1. The number of rotatable bonds is 8. The van der Waals surface area contributed by atoms with Crippen LogP contribution in [0.3, 0.4) is 0 Å². The predicted molar refractivity (Wildman–Crippen MR) is 113 cm³/mol. The highest BCUT2D eigenvalue weighted by Crippen LogP contribution is 2.23. The minimum absolute atomic E-state index is 0.00641. The Balaban J connectivity index is 2.03. The Morgan fingerprint density at radius 1 is 1.21 bits per heavy atom. The van der Waals surface area contributed by atoms with E-state index in [2.05, 4.69) is 27.9 Å². The molecule has 0 aliphatic heterocycles. The Morgan fingerprint density at radius 3 is 2.61 bits per heavy atom. The fraction of sp³-hybridized carbons (Fsp3) is 0.190. The summed E-state index contributed by atoms with van der Waals surface area (Å²) in [5.74, 6) is -0.356. The maximum atomic E-state index is 12.3. The molecule has 1 N–H and O–H groups in total. The lowest BCUT2D eigenvalue weighted by Gasteiger charge is -2.08. The van der Waals surface area contributed by atoms with E-state index in [9.17, 15) is 14.9 Å². The number of esters is 1. The van der Waals surface area contributed by atoms with E-state index in [0.29, 0.717) is 24.5 Å². The van der Waals surface area contributed by atoms with Gasteiger partial charge in [-0.1, -0.05) is 36.4 Å². The molecule has 144 valence electrons. The number of nitrogens with one attached hydrogen (secondary N) is 1. The second-order valence-electron chi connectivity index (χ2n) is 5.62. The van der Waals surface area contributed by atoms with Crippen molar-refractivity contribution in [3.05, 3.63) is 68.8 Å². The minimum Gasteiger partial charge on any atom is -0.481 e. The first-order valence-corrected chi connectivity index (χ1v) is 9.63. The quantitative estimate of drug-likeness (QED) is 0.265. The van der Waals surface area contributed by atoms with Crippen LogP contribution in [0.1, 0.15) is 18.1 Å². The number of carbonyl (C=O) groups excluding carboxylic acids is 2. The van der Waals surface area contributed by atoms with Gasteiger partial charge in [-0.3, -0.25) is 4.79 Å². The third-order valence-electron chi connectivity index (χ3n) is 3.58. The smallest absolute Gasteiger partial charge is 0.344 e. The van der Waals surface area contributed by atoms with Gasteiger partial charge in [0.05, 0.1) is 10.2 Å². The van der Waals surface area contributed by atoms with E-state index in [1.54, 1.807) is 25.1 Å². The van der Waals surface area contributed by atoms with E-state index in [1.807, 2.05) is 36.4 Å². The number of amides is 1. The molecule has 7 heteroatoms. The Bertz CT molecular complexity index is 904. The van der Waals surface area contributed by atoms with Gasteiger partial charge in [0, 0.05) is 6.54 Å². The Morgan fingerprint density at radius 2 is 1.96 bits per heavy atom. The van der Waals surface area contributed by atoms with Crippen molar-refractivity contribution in [3.8, 4) is 11.8 Å². The molecule has 0 saturated carbocycles. The van der Waals surface area contributed by atoms with Gasteiger partial charge in [0.25, 0.3) is 5.91 Å². The highest BCUT2D eigenvalue weighted by atomic mass is 127. The van der Waals surface area contributed by atoms with Gasteiger partial charge < -0.3 is 14.8 Å². The molecule has 1 amide bonds. The van der Waals surface area contributed by atoms with Crippen molar-refractivity contribution in [2.75, 3.05) is 13.2 Å². The van der Waals surface area contributed by atoms with Gasteiger partial charge in [0.2, 0.25) is 0 Å². The van der Waals surface area contributed by atoms with Crippen LogP contribution >= 0.6 is 22.6 Å². The fourth-order valence-electron chi connectivity index (χ4n) is 2.25. The SMILES string of the molecule is CCOC(=O)COc1ccc(/C=C(/C#N)C(=O)NCc2ccccc2)cc1I. The van der Waals surface area contributed by atoms with Gasteiger partial charge in [-0.25, -0.2) is 4.79 Å². The molecule has 0 aliphatic rings. The number of carbonyl (C=O) groups is 2. The fourth-order valence-corrected chi connectivity index (χ4v) is 2.95. The zero-order valence-corrected chi connectivity index (χ0v) is 17.4. The average molecular weight is 490 g/mol. The molecule has 0 unspecified atom stereocenters. The Labute approximate surface area is 177 Å². The molecule has 6 nitrogen and oxygen atoms in total. The van der Waals surface area contributed by atoms with Gasteiger partial charge >= 0.3 is 5.97 Å².